The summed E-state index contributed by atoms with van der Waals surface area (Å²) >= 11 is 6.13. The summed E-state index contributed by atoms with van der Waals surface area (Å²) in [6.45, 7) is 3.35. The van der Waals surface area contributed by atoms with Gasteiger partial charge in [-0.3, -0.25) is 9.59 Å². The Balaban J connectivity index is 2.19. The van der Waals surface area contributed by atoms with Gasteiger partial charge in [-0.25, -0.2) is 4.68 Å². The highest BCUT2D eigenvalue weighted by atomic mass is 35.5. The SMILES string of the molecule is Cc1c(C(=O)NCC(C)C(=O)O)cnn1-c1ccccc1Cl. The topological polar surface area (TPSA) is 84.2 Å². The number of nitrogens with zero attached hydrogens (tertiary/aromatic N) is 2. The molecule has 1 heterocycles. The van der Waals surface area contributed by atoms with Crippen LogP contribution in [-0.2, 0) is 4.79 Å². The number of amides is 1. The van der Waals surface area contributed by atoms with Gasteiger partial charge in [-0.1, -0.05) is 30.7 Å². The summed E-state index contributed by atoms with van der Waals surface area (Å²) in [5.74, 6) is -1.96. The lowest BCUT2D eigenvalue weighted by Crippen LogP contribution is -2.31. The number of carboxylic acid groups (broad SMARTS) is 1. The normalized spacial score (nSPS) is 12.0. The molecule has 0 saturated carbocycles. The van der Waals surface area contributed by atoms with Crippen LogP contribution >= 0.6 is 11.6 Å². The Morgan fingerprint density at radius 2 is 2.09 bits per heavy atom. The first kappa shape index (κ1) is 16.0. The number of nitrogens with one attached hydrogen (secondary N) is 1. The zero-order valence-corrected chi connectivity index (χ0v) is 13.0. The zero-order chi connectivity index (χ0) is 16.3. The van der Waals surface area contributed by atoms with Gasteiger partial charge in [-0.15, -0.1) is 0 Å². The molecule has 22 heavy (non-hydrogen) atoms. The van der Waals surface area contributed by atoms with Gasteiger partial charge in [-0.2, -0.15) is 5.10 Å². The van der Waals surface area contributed by atoms with Gasteiger partial charge in [0.2, 0.25) is 0 Å². The first-order chi connectivity index (χ1) is 10.4. The maximum atomic E-state index is 12.1. The van der Waals surface area contributed by atoms with Crippen molar-refractivity contribution in [1.29, 1.82) is 0 Å². The molecule has 7 heteroatoms. The number of para-hydroxylation sites is 1. The molecule has 1 aromatic heterocycles. The van der Waals surface area contributed by atoms with E-state index < -0.39 is 11.9 Å². The van der Waals surface area contributed by atoms with Gasteiger partial charge >= 0.3 is 5.97 Å². The van der Waals surface area contributed by atoms with Crippen molar-refractivity contribution in [3.8, 4) is 5.69 Å². The van der Waals surface area contributed by atoms with Gasteiger partial charge < -0.3 is 10.4 Å². The molecule has 6 nitrogen and oxygen atoms in total. The van der Waals surface area contributed by atoms with Crippen molar-refractivity contribution in [2.75, 3.05) is 6.54 Å². The van der Waals surface area contributed by atoms with Crippen LogP contribution in [-0.4, -0.2) is 33.3 Å². The maximum Gasteiger partial charge on any atom is 0.308 e. The van der Waals surface area contributed by atoms with Gasteiger partial charge in [0.25, 0.3) is 5.91 Å². The number of aromatic nitrogens is 2. The van der Waals surface area contributed by atoms with Crippen molar-refractivity contribution in [2.45, 2.75) is 13.8 Å². The predicted octanol–water partition coefficient (Wildman–Crippen LogP) is 2.28. The summed E-state index contributed by atoms with van der Waals surface area (Å²) in [6, 6.07) is 7.19. The molecule has 2 rings (SSSR count). The highest BCUT2D eigenvalue weighted by Gasteiger charge is 2.18. The van der Waals surface area contributed by atoms with Crippen molar-refractivity contribution in [1.82, 2.24) is 15.1 Å². The van der Waals surface area contributed by atoms with E-state index in [9.17, 15) is 9.59 Å². The number of hydrogen-bond acceptors (Lipinski definition) is 3. The van der Waals surface area contributed by atoms with E-state index >= 15 is 0 Å². The molecule has 0 fully saturated rings. The zero-order valence-electron chi connectivity index (χ0n) is 12.2. The van der Waals surface area contributed by atoms with Crippen LogP contribution < -0.4 is 5.32 Å². The fraction of sp³-hybridized carbons (Fsp3) is 0.267. The Morgan fingerprint density at radius 1 is 1.41 bits per heavy atom. The molecule has 0 aliphatic rings. The Bertz CT molecular complexity index is 712. The third kappa shape index (κ3) is 3.28. The Kier molecular flexibility index (Phi) is 4.82. The number of carboxylic acids is 1. The van der Waals surface area contributed by atoms with Crippen molar-refractivity contribution < 1.29 is 14.7 Å². The van der Waals surface area contributed by atoms with Crippen LogP contribution in [0.1, 0.15) is 23.0 Å². The molecule has 0 bridgehead atoms. The van der Waals surface area contributed by atoms with Gasteiger partial charge in [0.15, 0.2) is 0 Å². The maximum absolute atomic E-state index is 12.1. The highest BCUT2D eigenvalue weighted by Crippen LogP contribution is 2.21. The third-order valence-corrected chi connectivity index (χ3v) is 3.65. The van der Waals surface area contributed by atoms with Crippen LogP contribution in [0.25, 0.3) is 5.69 Å². The fourth-order valence-corrected chi connectivity index (χ4v) is 2.14. The average molecular weight is 322 g/mol. The molecule has 1 aromatic carbocycles. The fourth-order valence-electron chi connectivity index (χ4n) is 1.93. The van der Waals surface area contributed by atoms with E-state index in [1.165, 1.54) is 13.1 Å². The van der Waals surface area contributed by atoms with Crippen LogP contribution in [0.3, 0.4) is 0 Å². The molecule has 0 aliphatic heterocycles. The monoisotopic (exact) mass is 321 g/mol. The first-order valence-corrected chi connectivity index (χ1v) is 7.10. The summed E-state index contributed by atoms with van der Waals surface area (Å²) in [5.41, 5.74) is 1.70. The van der Waals surface area contributed by atoms with Gasteiger partial charge in [0.05, 0.1) is 34.1 Å². The molecule has 2 aromatic rings. The molecule has 0 spiro atoms. The van der Waals surface area contributed by atoms with E-state index in [2.05, 4.69) is 10.4 Å². The molecule has 0 aliphatic carbocycles. The molecule has 1 amide bonds. The quantitative estimate of drug-likeness (QED) is 0.885. The van der Waals surface area contributed by atoms with Crippen molar-refractivity contribution in [3.63, 3.8) is 0 Å². The summed E-state index contributed by atoms with van der Waals surface area (Å²) in [4.78, 5) is 22.9. The summed E-state index contributed by atoms with van der Waals surface area (Å²) in [7, 11) is 0. The number of aliphatic carboxylic acids is 1. The van der Waals surface area contributed by atoms with Crippen LogP contribution in [0.5, 0.6) is 0 Å². The number of rotatable bonds is 5. The number of benzene rings is 1. The molecule has 1 unspecified atom stereocenters. The minimum Gasteiger partial charge on any atom is -0.481 e. The molecular formula is C15H16ClN3O3. The van der Waals surface area contributed by atoms with Gasteiger partial charge in [0.1, 0.15) is 0 Å². The van der Waals surface area contributed by atoms with E-state index in [0.717, 1.165) is 0 Å². The van der Waals surface area contributed by atoms with Crippen LogP contribution in [0.2, 0.25) is 5.02 Å². The van der Waals surface area contributed by atoms with Crippen LogP contribution in [0, 0.1) is 12.8 Å². The minimum absolute atomic E-state index is 0.0604. The average Bonchev–Trinajstić information content (AvgIpc) is 2.86. The summed E-state index contributed by atoms with van der Waals surface area (Å²) in [5, 5.41) is 16.1. The van der Waals surface area contributed by atoms with Gasteiger partial charge in [0, 0.05) is 6.54 Å². The molecule has 116 valence electrons. The number of carbonyl (C=O) groups is 2. The number of carbonyl (C=O) groups excluding carboxylic acids is 1. The predicted molar refractivity (Wildman–Crippen MR) is 82.4 cm³/mol. The van der Waals surface area contributed by atoms with E-state index in [0.29, 0.717) is 22.0 Å². The second kappa shape index (κ2) is 6.62. The van der Waals surface area contributed by atoms with E-state index in [1.807, 2.05) is 12.1 Å². The molecular weight excluding hydrogens is 306 g/mol. The van der Waals surface area contributed by atoms with Gasteiger partial charge in [-0.05, 0) is 19.1 Å². The minimum atomic E-state index is -0.955. The number of hydrogen-bond donors (Lipinski definition) is 2. The van der Waals surface area contributed by atoms with Crippen molar-refractivity contribution >= 4 is 23.5 Å². The van der Waals surface area contributed by atoms with E-state index in [4.69, 9.17) is 16.7 Å². The largest absolute Gasteiger partial charge is 0.481 e. The van der Waals surface area contributed by atoms with Crippen LogP contribution in [0.15, 0.2) is 30.5 Å². The van der Waals surface area contributed by atoms with Crippen molar-refractivity contribution in [2.24, 2.45) is 5.92 Å². The molecule has 2 N–H and O–H groups in total. The summed E-state index contributed by atoms with van der Waals surface area (Å²) < 4.78 is 1.58. The Morgan fingerprint density at radius 3 is 2.73 bits per heavy atom. The first-order valence-electron chi connectivity index (χ1n) is 6.72. The van der Waals surface area contributed by atoms with Crippen LogP contribution in [0.4, 0.5) is 0 Å². The lowest BCUT2D eigenvalue weighted by Gasteiger charge is -2.09. The molecule has 0 saturated heterocycles. The summed E-state index contributed by atoms with van der Waals surface area (Å²) in [6.07, 6.45) is 1.44. The third-order valence-electron chi connectivity index (χ3n) is 3.33. The Labute approximate surface area is 132 Å². The highest BCUT2D eigenvalue weighted by molar-refractivity contribution is 6.32. The number of halogens is 1. The van der Waals surface area contributed by atoms with E-state index in [1.54, 1.807) is 23.7 Å². The lowest BCUT2D eigenvalue weighted by atomic mass is 10.1. The molecule has 1 atom stereocenters. The molecule has 0 radical (unpaired) electrons. The van der Waals surface area contributed by atoms with E-state index in [-0.39, 0.29) is 12.5 Å². The smallest absolute Gasteiger partial charge is 0.308 e. The lowest BCUT2D eigenvalue weighted by molar-refractivity contribution is -0.140. The standard InChI is InChI=1S/C15H16ClN3O3/c1-9(15(21)22)7-17-14(20)11-8-18-19(10(11)2)13-6-4-3-5-12(13)16/h3-6,8-9H,7H2,1-2H3,(H,17,20)(H,21,22). The second-order valence-corrected chi connectivity index (χ2v) is 5.36. The second-order valence-electron chi connectivity index (χ2n) is 4.96. The van der Waals surface area contributed by atoms with Crippen molar-refractivity contribution in [3.05, 3.63) is 46.7 Å². The Hall–Kier alpha value is -2.34.